The number of rotatable bonds is 14. The number of hydrogen-bond acceptors (Lipinski definition) is 7. The van der Waals surface area contributed by atoms with Crippen LogP contribution in [-0.4, -0.2) is 96.2 Å². The highest BCUT2D eigenvalue weighted by molar-refractivity contribution is 5.89. The maximum Gasteiger partial charge on any atom is 0.408 e. The van der Waals surface area contributed by atoms with Crippen LogP contribution in [0.25, 0.3) is 0 Å². The number of alkyl carbamates (subject to hydrolysis) is 1. The Bertz CT molecular complexity index is 1280. The van der Waals surface area contributed by atoms with Gasteiger partial charge in [-0.1, -0.05) is 74.5 Å². The summed E-state index contributed by atoms with van der Waals surface area (Å²) in [5, 5.41) is 5.74. The molecule has 1 atom stereocenters. The minimum atomic E-state index is -0.982. The van der Waals surface area contributed by atoms with E-state index >= 15 is 0 Å². The number of amides is 3. The van der Waals surface area contributed by atoms with Gasteiger partial charge in [0.25, 0.3) is 0 Å². The van der Waals surface area contributed by atoms with Crippen LogP contribution in [0.15, 0.2) is 73.2 Å². The second-order valence-corrected chi connectivity index (χ2v) is 11.3. The molecule has 3 amide bonds. The number of nitrogens with one attached hydrogen (secondary N) is 3. The number of benzene rings is 2. The molecule has 1 fully saturated rings. The number of H-pyrrole nitrogens is 1. The maximum atomic E-state index is 14.0. The Morgan fingerprint density at radius 2 is 1.77 bits per heavy atom. The number of hydrogen-bond donors (Lipinski definition) is 3. The van der Waals surface area contributed by atoms with Crippen LogP contribution in [0.3, 0.4) is 0 Å². The van der Waals surface area contributed by atoms with Crippen LogP contribution >= 0.6 is 0 Å². The summed E-state index contributed by atoms with van der Waals surface area (Å²) in [6.07, 6.45) is 2.61. The van der Waals surface area contributed by atoms with Crippen LogP contribution in [0.1, 0.15) is 30.7 Å². The van der Waals surface area contributed by atoms with Crippen LogP contribution in [0, 0.1) is 0 Å². The Kier molecular flexibility index (Phi) is 11.7. The number of carbonyl (C=O) groups is 3. The Labute approximate surface area is 253 Å². The average Bonchev–Trinajstić information content (AvgIpc) is 3.55. The minimum Gasteiger partial charge on any atom is -0.445 e. The monoisotopic (exact) mass is 590 g/mol. The number of carbonyl (C=O) groups excluding carboxylic acids is 3. The molecule has 2 heterocycles. The predicted octanol–water partition coefficient (Wildman–Crippen LogP) is 2.50. The molecule has 11 heteroatoms. The normalized spacial score (nSPS) is 14.5. The lowest BCUT2D eigenvalue weighted by Crippen LogP contribution is -2.54. The molecule has 0 radical (unpaired) electrons. The summed E-state index contributed by atoms with van der Waals surface area (Å²) in [6, 6.07) is 18.3. The number of aromatic nitrogens is 2. The zero-order valence-corrected chi connectivity index (χ0v) is 25.0. The van der Waals surface area contributed by atoms with Crippen molar-refractivity contribution < 1.29 is 23.9 Å². The summed E-state index contributed by atoms with van der Waals surface area (Å²) < 4.78 is 10.9. The standard InChI is InChI=1S/C32H42N6O5/c1-32(2,26-11-7-4-8-12-26)23-34-29(39)21-38(14-13-37-15-17-42-18-16-37)30(40)28(19-27-20-33-24-35-27)36-31(41)43-22-25-9-5-3-6-10-25/h3-12,20,24,28H,13-19,21-23H2,1-2H3,(H,33,35)(H,34,39)(H,36,41)/t28-/m0/s1. The summed E-state index contributed by atoms with van der Waals surface area (Å²) in [5.74, 6) is -0.658. The van der Waals surface area contributed by atoms with Gasteiger partial charge < -0.3 is 30.0 Å². The summed E-state index contributed by atoms with van der Waals surface area (Å²) >= 11 is 0. The summed E-state index contributed by atoms with van der Waals surface area (Å²) in [5.41, 5.74) is 2.23. The third-order valence-electron chi connectivity index (χ3n) is 7.49. The fraction of sp³-hybridized carbons (Fsp3) is 0.438. The van der Waals surface area contributed by atoms with E-state index in [2.05, 4.69) is 39.3 Å². The van der Waals surface area contributed by atoms with Gasteiger partial charge in [-0.3, -0.25) is 14.5 Å². The van der Waals surface area contributed by atoms with Crippen molar-refractivity contribution in [1.29, 1.82) is 0 Å². The van der Waals surface area contributed by atoms with E-state index in [0.29, 0.717) is 38.5 Å². The predicted molar refractivity (Wildman–Crippen MR) is 162 cm³/mol. The second kappa shape index (κ2) is 15.9. The fourth-order valence-corrected chi connectivity index (χ4v) is 4.83. The molecular formula is C32H42N6O5. The number of ether oxygens (including phenoxy) is 2. The summed E-state index contributed by atoms with van der Waals surface area (Å²) in [4.78, 5) is 50.9. The highest BCUT2D eigenvalue weighted by Crippen LogP contribution is 2.21. The third kappa shape index (κ3) is 10.2. The molecule has 0 bridgehead atoms. The van der Waals surface area contributed by atoms with Crippen molar-refractivity contribution in [1.82, 2.24) is 30.4 Å². The molecule has 0 unspecified atom stereocenters. The first-order valence-electron chi connectivity index (χ1n) is 14.7. The van der Waals surface area contributed by atoms with Gasteiger partial charge in [0, 0.05) is 50.8 Å². The van der Waals surface area contributed by atoms with Gasteiger partial charge in [0.05, 0.1) is 31.8 Å². The molecule has 4 rings (SSSR count). The van der Waals surface area contributed by atoms with Gasteiger partial charge in [0.2, 0.25) is 11.8 Å². The van der Waals surface area contributed by atoms with Crippen molar-refractivity contribution in [3.05, 3.63) is 90.0 Å². The van der Waals surface area contributed by atoms with Crippen molar-refractivity contribution in [3.63, 3.8) is 0 Å². The molecule has 2 aromatic carbocycles. The largest absolute Gasteiger partial charge is 0.445 e. The van der Waals surface area contributed by atoms with Crippen molar-refractivity contribution in [2.75, 3.05) is 52.5 Å². The SMILES string of the molecule is CC(C)(CNC(=O)CN(CCN1CCOCC1)C(=O)[C@H](Cc1c[nH]cn1)NC(=O)OCc1ccccc1)c1ccccc1. The molecule has 11 nitrogen and oxygen atoms in total. The van der Waals surface area contributed by atoms with Gasteiger partial charge in [0.1, 0.15) is 12.6 Å². The third-order valence-corrected chi connectivity index (χ3v) is 7.49. The van der Waals surface area contributed by atoms with E-state index in [1.165, 1.54) is 11.2 Å². The maximum absolute atomic E-state index is 14.0. The lowest BCUT2D eigenvalue weighted by Gasteiger charge is -2.32. The van der Waals surface area contributed by atoms with Crippen LogP contribution in [0.4, 0.5) is 4.79 Å². The zero-order valence-electron chi connectivity index (χ0n) is 25.0. The average molecular weight is 591 g/mol. The van der Waals surface area contributed by atoms with E-state index in [0.717, 1.165) is 24.2 Å². The number of nitrogens with zero attached hydrogens (tertiary/aromatic N) is 3. The van der Waals surface area contributed by atoms with Crippen LogP contribution in [-0.2, 0) is 37.5 Å². The van der Waals surface area contributed by atoms with Gasteiger partial charge in [-0.25, -0.2) is 9.78 Å². The quantitative estimate of drug-likeness (QED) is 0.263. The van der Waals surface area contributed by atoms with E-state index in [-0.39, 0.29) is 36.8 Å². The van der Waals surface area contributed by atoms with Crippen molar-refractivity contribution in [2.45, 2.75) is 38.3 Å². The van der Waals surface area contributed by atoms with Gasteiger partial charge in [-0.15, -0.1) is 0 Å². The van der Waals surface area contributed by atoms with Crippen LogP contribution in [0.2, 0.25) is 0 Å². The van der Waals surface area contributed by atoms with Gasteiger partial charge >= 0.3 is 6.09 Å². The number of morpholine rings is 1. The van der Waals surface area contributed by atoms with E-state index in [4.69, 9.17) is 9.47 Å². The van der Waals surface area contributed by atoms with Gasteiger partial charge in [-0.05, 0) is 11.1 Å². The Morgan fingerprint density at radius 3 is 2.44 bits per heavy atom. The first-order chi connectivity index (χ1) is 20.8. The molecule has 1 aliphatic rings. The highest BCUT2D eigenvalue weighted by atomic mass is 16.5. The van der Waals surface area contributed by atoms with E-state index < -0.39 is 12.1 Å². The zero-order chi connectivity index (χ0) is 30.5. The molecule has 0 spiro atoms. The molecule has 0 aliphatic carbocycles. The molecular weight excluding hydrogens is 548 g/mol. The second-order valence-electron chi connectivity index (χ2n) is 11.3. The Hall–Kier alpha value is -4.22. The van der Waals surface area contributed by atoms with Gasteiger partial charge in [-0.2, -0.15) is 0 Å². The summed E-state index contributed by atoms with van der Waals surface area (Å²) in [6.45, 7) is 8.09. The smallest absolute Gasteiger partial charge is 0.408 e. The lowest BCUT2D eigenvalue weighted by atomic mass is 9.84. The molecule has 43 heavy (non-hydrogen) atoms. The number of imidazole rings is 1. The van der Waals surface area contributed by atoms with Crippen LogP contribution < -0.4 is 10.6 Å². The molecule has 0 saturated carbocycles. The lowest BCUT2D eigenvalue weighted by molar-refractivity contribution is -0.138. The highest BCUT2D eigenvalue weighted by Gasteiger charge is 2.30. The summed E-state index contributed by atoms with van der Waals surface area (Å²) in [7, 11) is 0. The molecule has 1 aromatic heterocycles. The molecule has 3 N–H and O–H groups in total. The van der Waals surface area contributed by atoms with E-state index in [9.17, 15) is 14.4 Å². The van der Waals surface area contributed by atoms with Gasteiger partial charge in [0.15, 0.2) is 0 Å². The van der Waals surface area contributed by atoms with Crippen molar-refractivity contribution in [3.8, 4) is 0 Å². The van der Waals surface area contributed by atoms with E-state index in [1.54, 1.807) is 6.20 Å². The van der Waals surface area contributed by atoms with E-state index in [1.807, 2.05) is 60.7 Å². The fourth-order valence-electron chi connectivity index (χ4n) is 4.83. The first kappa shape index (κ1) is 31.7. The Balaban J connectivity index is 1.44. The van der Waals surface area contributed by atoms with Crippen LogP contribution in [0.5, 0.6) is 0 Å². The molecule has 1 saturated heterocycles. The Morgan fingerprint density at radius 1 is 1.07 bits per heavy atom. The molecule has 3 aromatic rings. The molecule has 1 aliphatic heterocycles. The van der Waals surface area contributed by atoms with Crippen molar-refractivity contribution in [2.24, 2.45) is 0 Å². The minimum absolute atomic E-state index is 0.0658. The topological polar surface area (TPSA) is 129 Å². The molecule has 230 valence electrons. The van der Waals surface area contributed by atoms with Crippen molar-refractivity contribution >= 4 is 17.9 Å². The first-order valence-corrected chi connectivity index (χ1v) is 14.7. The number of aromatic amines is 1.